The fraction of sp³-hybridized carbons (Fsp3) is 0.750. The van der Waals surface area contributed by atoms with Crippen LogP contribution in [0.15, 0.2) is 0 Å². The van der Waals surface area contributed by atoms with Gasteiger partial charge in [-0.15, -0.1) is 0 Å². The van der Waals surface area contributed by atoms with E-state index >= 15 is 0 Å². The fourth-order valence-electron chi connectivity index (χ4n) is 1.20. The molecular formula is C8H14N2O6S. The molecule has 1 saturated carbocycles. The highest BCUT2D eigenvalue weighted by Gasteiger charge is 2.33. The van der Waals surface area contributed by atoms with Gasteiger partial charge >= 0.3 is 22.3 Å². The Hall–Kier alpha value is -1.35. The summed E-state index contributed by atoms with van der Waals surface area (Å²) in [5.74, 6) is -1.11. The van der Waals surface area contributed by atoms with Crippen molar-refractivity contribution < 1.29 is 27.9 Å². The summed E-state index contributed by atoms with van der Waals surface area (Å²) < 4.78 is 29.8. The number of nitrogens with one attached hydrogen (secondary N) is 1. The van der Waals surface area contributed by atoms with Crippen LogP contribution < -0.4 is 4.72 Å². The first kappa shape index (κ1) is 13.7. The number of amides is 1. The van der Waals surface area contributed by atoms with Gasteiger partial charge in [0, 0.05) is 6.54 Å². The minimum Gasteiger partial charge on any atom is -0.480 e. The van der Waals surface area contributed by atoms with Crippen LogP contribution in [0.3, 0.4) is 0 Å². The number of methoxy groups -OCH3 is 1. The molecular weight excluding hydrogens is 252 g/mol. The maximum Gasteiger partial charge on any atom is 0.421 e. The number of carboxylic acid groups (broad SMARTS) is 1. The van der Waals surface area contributed by atoms with Crippen LogP contribution in [0.25, 0.3) is 0 Å². The second-order valence-electron chi connectivity index (χ2n) is 3.73. The van der Waals surface area contributed by atoms with Gasteiger partial charge in [-0.05, 0) is 18.8 Å². The van der Waals surface area contributed by atoms with Crippen LogP contribution in [0, 0.1) is 5.92 Å². The Morgan fingerprint density at radius 1 is 1.47 bits per heavy atom. The highest BCUT2D eigenvalue weighted by molar-refractivity contribution is 7.87. The molecule has 0 aromatic rings. The van der Waals surface area contributed by atoms with Gasteiger partial charge in [-0.3, -0.25) is 4.79 Å². The van der Waals surface area contributed by atoms with E-state index < -0.39 is 28.8 Å². The van der Waals surface area contributed by atoms with E-state index in [0.29, 0.717) is 0 Å². The molecule has 0 atom stereocenters. The molecule has 0 aromatic heterocycles. The van der Waals surface area contributed by atoms with Crippen LogP contribution in [-0.2, 0) is 19.7 Å². The van der Waals surface area contributed by atoms with Gasteiger partial charge in [0.05, 0.1) is 7.11 Å². The molecule has 0 radical (unpaired) electrons. The molecule has 17 heavy (non-hydrogen) atoms. The third-order valence-corrected chi connectivity index (χ3v) is 3.59. The molecule has 2 N–H and O–H groups in total. The molecule has 0 aliphatic heterocycles. The summed E-state index contributed by atoms with van der Waals surface area (Å²) in [6, 6.07) is 0. The molecule has 0 bridgehead atoms. The summed E-state index contributed by atoms with van der Waals surface area (Å²) in [7, 11) is -3.13. The predicted octanol–water partition coefficient (Wildman–Crippen LogP) is -0.616. The molecule has 0 heterocycles. The van der Waals surface area contributed by atoms with Crippen molar-refractivity contribution in [3.8, 4) is 0 Å². The smallest absolute Gasteiger partial charge is 0.421 e. The highest BCUT2D eigenvalue weighted by Crippen LogP contribution is 2.30. The van der Waals surface area contributed by atoms with E-state index in [-0.39, 0.29) is 12.5 Å². The number of nitrogens with zero attached hydrogens (tertiary/aromatic N) is 1. The first-order valence-electron chi connectivity index (χ1n) is 4.93. The Labute approximate surface area is 98.7 Å². The third-order valence-electron chi connectivity index (χ3n) is 2.21. The molecule has 0 saturated heterocycles. The molecule has 1 aliphatic carbocycles. The number of hydrogen-bond donors (Lipinski definition) is 2. The zero-order valence-corrected chi connectivity index (χ0v) is 10.1. The van der Waals surface area contributed by atoms with Crippen molar-refractivity contribution in [3.05, 3.63) is 0 Å². The second kappa shape index (κ2) is 5.32. The molecule has 1 fully saturated rings. The van der Waals surface area contributed by atoms with Crippen LogP contribution >= 0.6 is 0 Å². The van der Waals surface area contributed by atoms with E-state index in [0.717, 1.165) is 24.3 Å². The van der Waals surface area contributed by atoms with Gasteiger partial charge in [0.2, 0.25) is 0 Å². The molecule has 98 valence electrons. The first-order chi connectivity index (χ1) is 7.85. The van der Waals surface area contributed by atoms with Crippen LogP contribution in [0.2, 0.25) is 0 Å². The molecule has 0 aromatic carbocycles. The van der Waals surface area contributed by atoms with E-state index in [4.69, 9.17) is 5.11 Å². The van der Waals surface area contributed by atoms with Crippen molar-refractivity contribution in [2.75, 3.05) is 20.2 Å². The summed E-state index contributed by atoms with van der Waals surface area (Å²) in [5.41, 5.74) is 0. The van der Waals surface area contributed by atoms with Crippen molar-refractivity contribution in [2.45, 2.75) is 12.8 Å². The van der Waals surface area contributed by atoms with Crippen molar-refractivity contribution in [3.63, 3.8) is 0 Å². The number of carbonyl (C=O) groups excluding carboxylic acids is 1. The molecule has 0 unspecified atom stereocenters. The summed E-state index contributed by atoms with van der Waals surface area (Å²) in [4.78, 5) is 21.4. The van der Waals surface area contributed by atoms with Crippen LogP contribution in [0.4, 0.5) is 4.79 Å². The van der Waals surface area contributed by atoms with Crippen LogP contribution in [0.1, 0.15) is 12.8 Å². The number of aliphatic carboxylic acids is 1. The van der Waals surface area contributed by atoms with Crippen molar-refractivity contribution in [2.24, 2.45) is 5.92 Å². The van der Waals surface area contributed by atoms with Gasteiger partial charge in [0.15, 0.2) is 0 Å². The summed E-state index contributed by atoms with van der Waals surface area (Å²) >= 11 is 0. The Balaban J connectivity index is 2.71. The SMILES string of the molecule is COC(=O)NS(=O)(=O)N(CC(=O)O)CC1CC1. The number of carbonyl (C=O) groups is 2. The van der Waals surface area contributed by atoms with Gasteiger partial charge < -0.3 is 9.84 Å². The average molecular weight is 266 g/mol. The molecule has 1 rings (SSSR count). The maximum atomic E-state index is 11.6. The zero-order chi connectivity index (χ0) is 13.1. The number of ether oxygens (including phenoxy) is 1. The van der Waals surface area contributed by atoms with Crippen molar-refractivity contribution in [1.29, 1.82) is 0 Å². The molecule has 8 nitrogen and oxygen atoms in total. The van der Waals surface area contributed by atoms with Crippen molar-refractivity contribution >= 4 is 22.3 Å². The molecule has 9 heteroatoms. The van der Waals surface area contributed by atoms with E-state index in [9.17, 15) is 18.0 Å². The lowest BCUT2D eigenvalue weighted by atomic mass is 10.4. The number of rotatable bonds is 6. The topological polar surface area (TPSA) is 113 Å². The lowest BCUT2D eigenvalue weighted by Crippen LogP contribution is -2.46. The monoisotopic (exact) mass is 266 g/mol. The van der Waals surface area contributed by atoms with E-state index in [1.807, 2.05) is 0 Å². The van der Waals surface area contributed by atoms with Gasteiger partial charge in [-0.25, -0.2) is 9.52 Å². The third kappa shape index (κ3) is 4.57. The Morgan fingerprint density at radius 2 is 2.06 bits per heavy atom. The van der Waals surface area contributed by atoms with Crippen molar-refractivity contribution in [1.82, 2.24) is 9.03 Å². The minimum atomic E-state index is -4.16. The normalized spacial score (nSPS) is 15.6. The lowest BCUT2D eigenvalue weighted by molar-refractivity contribution is -0.137. The lowest BCUT2D eigenvalue weighted by Gasteiger charge is -2.19. The van der Waals surface area contributed by atoms with Gasteiger partial charge in [0.1, 0.15) is 6.54 Å². The predicted molar refractivity (Wildman–Crippen MR) is 56.4 cm³/mol. The Bertz CT molecular complexity index is 402. The Morgan fingerprint density at radius 3 is 2.47 bits per heavy atom. The van der Waals surface area contributed by atoms with Crippen LogP contribution in [-0.4, -0.2) is 50.1 Å². The summed E-state index contributed by atoms with van der Waals surface area (Å²) in [5, 5.41) is 8.62. The van der Waals surface area contributed by atoms with Gasteiger partial charge in [-0.2, -0.15) is 12.7 Å². The summed E-state index contributed by atoms with van der Waals surface area (Å²) in [6.07, 6.45) is 0.587. The van der Waals surface area contributed by atoms with E-state index in [2.05, 4.69) is 4.74 Å². The average Bonchev–Trinajstić information content (AvgIpc) is 2.99. The van der Waals surface area contributed by atoms with E-state index in [1.54, 1.807) is 4.72 Å². The number of carboxylic acids is 1. The van der Waals surface area contributed by atoms with Gasteiger partial charge in [-0.1, -0.05) is 0 Å². The van der Waals surface area contributed by atoms with E-state index in [1.165, 1.54) is 0 Å². The fourth-order valence-corrected chi connectivity index (χ4v) is 2.31. The number of hydrogen-bond acceptors (Lipinski definition) is 5. The largest absolute Gasteiger partial charge is 0.480 e. The van der Waals surface area contributed by atoms with Crippen LogP contribution in [0.5, 0.6) is 0 Å². The standard InChI is InChI=1S/C8H14N2O6S/c1-16-8(13)9-17(14,15)10(5-7(11)12)4-6-2-3-6/h6H,2-5H2,1H3,(H,9,13)(H,11,12). The highest BCUT2D eigenvalue weighted by atomic mass is 32.2. The van der Waals surface area contributed by atoms with Gasteiger partial charge in [0.25, 0.3) is 0 Å². The maximum absolute atomic E-state index is 11.6. The molecule has 1 amide bonds. The first-order valence-corrected chi connectivity index (χ1v) is 6.37. The minimum absolute atomic E-state index is 0.0959. The zero-order valence-electron chi connectivity index (χ0n) is 9.25. The quantitative estimate of drug-likeness (QED) is 0.662. The molecule has 0 spiro atoms. The Kier molecular flexibility index (Phi) is 4.29. The second-order valence-corrected chi connectivity index (χ2v) is 5.40. The molecule has 1 aliphatic rings. The summed E-state index contributed by atoms with van der Waals surface area (Å²) in [6.45, 7) is -0.582.